The van der Waals surface area contributed by atoms with Gasteiger partial charge < -0.3 is 10.0 Å². The van der Waals surface area contributed by atoms with E-state index in [0.29, 0.717) is 12.1 Å². The van der Waals surface area contributed by atoms with Gasteiger partial charge >= 0.3 is 5.97 Å². The van der Waals surface area contributed by atoms with E-state index < -0.39 is 11.9 Å². The zero-order valence-corrected chi connectivity index (χ0v) is 12.8. The van der Waals surface area contributed by atoms with Gasteiger partial charge in [0.15, 0.2) is 0 Å². The SMILES string of the molecule is O=C(O)C(CC(=O)N1CCCc2ccccc21)c1ccccc1. The van der Waals surface area contributed by atoms with Crippen molar-refractivity contribution in [3.05, 3.63) is 65.7 Å². The lowest BCUT2D eigenvalue weighted by atomic mass is 9.94. The Morgan fingerprint density at radius 3 is 2.48 bits per heavy atom. The van der Waals surface area contributed by atoms with Gasteiger partial charge in [-0.1, -0.05) is 48.5 Å². The van der Waals surface area contributed by atoms with Gasteiger partial charge in [0.2, 0.25) is 5.91 Å². The second-order valence-corrected chi connectivity index (χ2v) is 5.78. The molecule has 1 atom stereocenters. The Morgan fingerprint density at radius 2 is 1.74 bits per heavy atom. The number of nitrogens with zero attached hydrogens (tertiary/aromatic N) is 1. The molecule has 1 N–H and O–H groups in total. The fraction of sp³-hybridized carbons (Fsp3) is 0.263. The third kappa shape index (κ3) is 3.26. The lowest BCUT2D eigenvalue weighted by molar-refractivity contribution is -0.140. The van der Waals surface area contributed by atoms with Crippen LogP contribution in [-0.4, -0.2) is 23.5 Å². The van der Waals surface area contributed by atoms with Crippen molar-refractivity contribution in [3.8, 4) is 0 Å². The van der Waals surface area contributed by atoms with Crippen LogP contribution >= 0.6 is 0 Å². The lowest BCUT2D eigenvalue weighted by Gasteiger charge is -2.30. The smallest absolute Gasteiger partial charge is 0.311 e. The molecule has 1 aliphatic rings. The van der Waals surface area contributed by atoms with Crippen LogP contribution in [0.15, 0.2) is 54.6 Å². The van der Waals surface area contributed by atoms with Crippen LogP contribution in [0.2, 0.25) is 0 Å². The van der Waals surface area contributed by atoms with E-state index in [2.05, 4.69) is 0 Å². The van der Waals surface area contributed by atoms with E-state index in [0.717, 1.165) is 24.1 Å². The molecule has 23 heavy (non-hydrogen) atoms. The van der Waals surface area contributed by atoms with Gasteiger partial charge in [-0.15, -0.1) is 0 Å². The molecule has 0 spiro atoms. The minimum absolute atomic E-state index is 0.0202. The fourth-order valence-corrected chi connectivity index (χ4v) is 3.11. The van der Waals surface area contributed by atoms with Gasteiger partial charge in [0.1, 0.15) is 0 Å². The number of carbonyl (C=O) groups excluding carboxylic acids is 1. The number of aryl methyl sites for hydroxylation is 1. The normalized spacial score (nSPS) is 14.9. The van der Waals surface area contributed by atoms with Crippen LogP contribution < -0.4 is 4.90 Å². The molecule has 4 nitrogen and oxygen atoms in total. The van der Waals surface area contributed by atoms with Gasteiger partial charge in [-0.25, -0.2) is 0 Å². The highest BCUT2D eigenvalue weighted by atomic mass is 16.4. The van der Waals surface area contributed by atoms with Crippen LogP contribution in [0.25, 0.3) is 0 Å². The number of anilines is 1. The summed E-state index contributed by atoms with van der Waals surface area (Å²) in [5.74, 6) is -1.90. The van der Waals surface area contributed by atoms with Crippen LogP contribution in [-0.2, 0) is 16.0 Å². The summed E-state index contributed by atoms with van der Waals surface area (Å²) in [4.78, 5) is 26.0. The van der Waals surface area contributed by atoms with Gasteiger partial charge in [-0.05, 0) is 30.0 Å². The van der Waals surface area contributed by atoms with Crippen molar-refractivity contribution in [2.75, 3.05) is 11.4 Å². The summed E-state index contributed by atoms with van der Waals surface area (Å²) in [6.45, 7) is 0.650. The van der Waals surface area contributed by atoms with Gasteiger partial charge in [-0.3, -0.25) is 9.59 Å². The Balaban J connectivity index is 1.82. The Labute approximate surface area is 135 Å². The number of aliphatic carboxylic acids is 1. The maximum atomic E-state index is 12.7. The van der Waals surface area contributed by atoms with Crippen molar-refractivity contribution >= 4 is 17.6 Å². The molecule has 1 unspecified atom stereocenters. The Hall–Kier alpha value is -2.62. The summed E-state index contributed by atoms with van der Waals surface area (Å²) >= 11 is 0. The van der Waals surface area contributed by atoms with Crippen LogP contribution in [0.3, 0.4) is 0 Å². The van der Waals surface area contributed by atoms with Gasteiger partial charge in [0.05, 0.1) is 5.92 Å². The molecule has 4 heteroatoms. The Morgan fingerprint density at radius 1 is 1.04 bits per heavy atom. The molecule has 1 aliphatic heterocycles. The van der Waals surface area contributed by atoms with Crippen LogP contribution in [0.4, 0.5) is 5.69 Å². The molecule has 3 rings (SSSR count). The molecular formula is C19H19NO3. The Bertz CT molecular complexity index is 712. The van der Waals surface area contributed by atoms with Gasteiger partial charge in [0, 0.05) is 18.7 Å². The lowest BCUT2D eigenvalue weighted by Crippen LogP contribution is -2.37. The molecule has 0 aliphatic carbocycles. The number of fused-ring (bicyclic) bond motifs is 1. The topological polar surface area (TPSA) is 57.6 Å². The first kappa shape index (κ1) is 15.3. The molecule has 0 bridgehead atoms. The van der Waals surface area contributed by atoms with Crippen molar-refractivity contribution in [3.63, 3.8) is 0 Å². The quantitative estimate of drug-likeness (QED) is 0.943. The predicted octanol–water partition coefficient (Wildman–Crippen LogP) is 3.22. The van der Waals surface area contributed by atoms with E-state index in [9.17, 15) is 14.7 Å². The van der Waals surface area contributed by atoms with Crippen molar-refractivity contribution in [2.45, 2.75) is 25.2 Å². The molecule has 0 radical (unpaired) electrons. The number of carboxylic acids is 1. The number of benzene rings is 2. The van der Waals surface area contributed by atoms with Crippen molar-refractivity contribution in [1.29, 1.82) is 0 Å². The average molecular weight is 309 g/mol. The number of carbonyl (C=O) groups is 2. The number of rotatable bonds is 4. The largest absolute Gasteiger partial charge is 0.481 e. The summed E-state index contributed by atoms with van der Waals surface area (Å²) in [6, 6.07) is 16.8. The molecule has 0 saturated carbocycles. The molecule has 0 aromatic heterocycles. The van der Waals surface area contributed by atoms with Crippen LogP contribution in [0.1, 0.15) is 29.9 Å². The maximum Gasteiger partial charge on any atom is 0.311 e. The third-order valence-electron chi connectivity index (χ3n) is 4.29. The molecule has 0 saturated heterocycles. The summed E-state index contributed by atoms with van der Waals surface area (Å²) < 4.78 is 0. The van der Waals surface area contributed by atoms with Crippen LogP contribution in [0.5, 0.6) is 0 Å². The van der Waals surface area contributed by atoms with E-state index >= 15 is 0 Å². The van der Waals surface area contributed by atoms with Crippen molar-refractivity contribution < 1.29 is 14.7 Å². The summed E-state index contributed by atoms with van der Waals surface area (Å²) in [5.41, 5.74) is 2.73. The second kappa shape index (κ2) is 6.65. The summed E-state index contributed by atoms with van der Waals surface area (Å²) in [6.07, 6.45) is 1.85. The Kier molecular flexibility index (Phi) is 4.42. The highest BCUT2D eigenvalue weighted by Gasteiger charge is 2.28. The third-order valence-corrected chi connectivity index (χ3v) is 4.29. The molecular weight excluding hydrogens is 290 g/mol. The van der Waals surface area contributed by atoms with Crippen molar-refractivity contribution in [2.24, 2.45) is 0 Å². The van der Waals surface area contributed by atoms with Gasteiger partial charge in [0.25, 0.3) is 0 Å². The molecule has 1 heterocycles. The minimum Gasteiger partial charge on any atom is -0.481 e. The monoisotopic (exact) mass is 309 g/mol. The predicted molar refractivity (Wildman–Crippen MR) is 88.6 cm³/mol. The van der Waals surface area contributed by atoms with E-state index in [1.54, 1.807) is 29.2 Å². The van der Waals surface area contributed by atoms with E-state index in [-0.39, 0.29) is 12.3 Å². The highest BCUT2D eigenvalue weighted by Crippen LogP contribution is 2.29. The first-order chi connectivity index (χ1) is 11.2. The van der Waals surface area contributed by atoms with Crippen molar-refractivity contribution in [1.82, 2.24) is 0 Å². The molecule has 2 aromatic rings. The number of hydrogen-bond acceptors (Lipinski definition) is 2. The molecule has 118 valence electrons. The molecule has 1 amide bonds. The molecule has 2 aromatic carbocycles. The second-order valence-electron chi connectivity index (χ2n) is 5.78. The zero-order valence-electron chi connectivity index (χ0n) is 12.8. The maximum absolute atomic E-state index is 12.7. The number of carboxylic acid groups (broad SMARTS) is 1. The van der Waals surface area contributed by atoms with E-state index in [4.69, 9.17) is 0 Å². The average Bonchev–Trinajstić information content (AvgIpc) is 2.59. The number of hydrogen-bond donors (Lipinski definition) is 1. The summed E-state index contributed by atoms with van der Waals surface area (Å²) in [7, 11) is 0. The zero-order chi connectivity index (χ0) is 16.2. The fourth-order valence-electron chi connectivity index (χ4n) is 3.11. The summed E-state index contributed by atoms with van der Waals surface area (Å²) in [5, 5.41) is 9.50. The van der Waals surface area contributed by atoms with Gasteiger partial charge in [-0.2, -0.15) is 0 Å². The first-order valence-corrected chi connectivity index (χ1v) is 7.83. The minimum atomic E-state index is -0.963. The van der Waals surface area contributed by atoms with E-state index in [1.165, 1.54) is 0 Å². The van der Waals surface area contributed by atoms with E-state index in [1.807, 2.05) is 30.3 Å². The van der Waals surface area contributed by atoms with Crippen LogP contribution in [0, 0.1) is 0 Å². The first-order valence-electron chi connectivity index (χ1n) is 7.83. The standard InChI is InChI=1S/C19H19NO3/c21-18(13-16(19(22)23)14-7-2-1-3-8-14)20-12-6-10-15-9-4-5-11-17(15)20/h1-5,7-9,11,16H,6,10,12-13H2,(H,22,23). The number of para-hydroxylation sites is 1. The molecule has 0 fully saturated rings. The number of amides is 1. The highest BCUT2D eigenvalue weighted by molar-refractivity contribution is 5.97.